The fourth-order valence-corrected chi connectivity index (χ4v) is 1.58. The van der Waals surface area contributed by atoms with Gasteiger partial charge in [-0.3, -0.25) is 4.98 Å². The van der Waals surface area contributed by atoms with Crippen molar-refractivity contribution in [3.8, 4) is 0 Å². The highest BCUT2D eigenvalue weighted by molar-refractivity contribution is 7.09. The van der Waals surface area contributed by atoms with E-state index in [0.717, 1.165) is 4.88 Å². The number of amides is 2. The van der Waals surface area contributed by atoms with Crippen LogP contribution in [-0.4, -0.2) is 28.1 Å². The molecule has 0 spiro atoms. The second-order valence-electron chi connectivity index (χ2n) is 3.09. The molecule has 1 atom stereocenters. The van der Waals surface area contributed by atoms with E-state index in [1.54, 1.807) is 18.6 Å². The summed E-state index contributed by atoms with van der Waals surface area (Å²) >= 11 is 1.43. The molecule has 1 rings (SSSR count). The topological polar surface area (TPSA) is 91.3 Å². The molecule has 6 nitrogen and oxygen atoms in total. The highest BCUT2D eigenvalue weighted by Crippen LogP contribution is 2.03. The number of nitrogens with one attached hydrogen (secondary N) is 2. The standard InChI is InChI=1S/C9H13N3O3S/c1-2-7(8(13)14)12-9(15)11-4-6-3-10-5-16-6/h3,5,7H,2,4H2,1H3,(H,13,14)(H2,11,12,15)/t7-/m0/s1. The molecule has 1 aromatic heterocycles. The number of rotatable bonds is 5. The fraction of sp³-hybridized carbons (Fsp3) is 0.444. The number of urea groups is 1. The van der Waals surface area contributed by atoms with Gasteiger partial charge in [-0.1, -0.05) is 6.92 Å². The van der Waals surface area contributed by atoms with Crippen LogP contribution in [0.4, 0.5) is 4.79 Å². The van der Waals surface area contributed by atoms with E-state index >= 15 is 0 Å². The highest BCUT2D eigenvalue weighted by atomic mass is 32.1. The lowest BCUT2D eigenvalue weighted by Gasteiger charge is -2.12. The van der Waals surface area contributed by atoms with Crippen LogP contribution >= 0.6 is 11.3 Å². The van der Waals surface area contributed by atoms with E-state index in [-0.39, 0.29) is 0 Å². The van der Waals surface area contributed by atoms with E-state index in [2.05, 4.69) is 15.6 Å². The molecule has 3 N–H and O–H groups in total. The van der Waals surface area contributed by atoms with Crippen LogP contribution in [0.2, 0.25) is 0 Å². The molecular formula is C9H13N3O3S. The van der Waals surface area contributed by atoms with E-state index in [4.69, 9.17) is 5.11 Å². The Hall–Kier alpha value is -1.63. The first-order valence-electron chi connectivity index (χ1n) is 4.78. The van der Waals surface area contributed by atoms with Gasteiger partial charge in [0.1, 0.15) is 6.04 Å². The number of carboxylic acid groups (broad SMARTS) is 1. The monoisotopic (exact) mass is 243 g/mol. The minimum absolute atomic E-state index is 0.351. The van der Waals surface area contributed by atoms with Crippen molar-refractivity contribution in [2.45, 2.75) is 25.9 Å². The highest BCUT2D eigenvalue weighted by Gasteiger charge is 2.16. The molecule has 0 aliphatic carbocycles. The fourth-order valence-electron chi connectivity index (χ4n) is 1.04. The first-order valence-corrected chi connectivity index (χ1v) is 5.66. The van der Waals surface area contributed by atoms with Gasteiger partial charge in [-0.15, -0.1) is 11.3 Å². The predicted octanol–water partition coefficient (Wildman–Crippen LogP) is 0.805. The van der Waals surface area contributed by atoms with Crippen LogP contribution in [-0.2, 0) is 11.3 Å². The molecule has 1 aromatic rings. The van der Waals surface area contributed by atoms with Crippen molar-refractivity contribution in [2.24, 2.45) is 0 Å². The summed E-state index contributed by atoms with van der Waals surface area (Å²) in [5.41, 5.74) is 1.67. The number of hydrogen-bond donors (Lipinski definition) is 3. The van der Waals surface area contributed by atoms with E-state index in [9.17, 15) is 9.59 Å². The van der Waals surface area contributed by atoms with Crippen LogP contribution in [0.5, 0.6) is 0 Å². The lowest BCUT2D eigenvalue weighted by atomic mass is 10.2. The largest absolute Gasteiger partial charge is 0.480 e. The molecule has 0 aliphatic heterocycles. The van der Waals surface area contributed by atoms with Gasteiger partial charge in [0.2, 0.25) is 0 Å². The van der Waals surface area contributed by atoms with Crippen molar-refractivity contribution in [1.29, 1.82) is 0 Å². The van der Waals surface area contributed by atoms with Crippen LogP contribution in [0.1, 0.15) is 18.2 Å². The molecular weight excluding hydrogens is 230 g/mol. The SMILES string of the molecule is CC[C@H](NC(=O)NCc1cncs1)C(=O)O. The zero-order chi connectivity index (χ0) is 12.0. The maximum Gasteiger partial charge on any atom is 0.326 e. The molecule has 88 valence electrons. The molecule has 0 radical (unpaired) electrons. The Morgan fingerprint density at radius 3 is 2.88 bits per heavy atom. The van der Waals surface area contributed by atoms with Crippen molar-refractivity contribution in [1.82, 2.24) is 15.6 Å². The van der Waals surface area contributed by atoms with Crippen LogP contribution in [0.25, 0.3) is 0 Å². The van der Waals surface area contributed by atoms with Crippen LogP contribution in [0.3, 0.4) is 0 Å². The molecule has 0 fully saturated rings. The van der Waals surface area contributed by atoms with Crippen LogP contribution in [0, 0.1) is 0 Å². The van der Waals surface area contributed by atoms with Crippen molar-refractivity contribution in [3.63, 3.8) is 0 Å². The average Bonchev–Trinajstić information content (AvgIpc) is 2.75. The Morgan fingerprint density at radius 2 is 2.38 bits per heavy atom. The third-order valence-electron chi connectivity index (χ3n) is 1.92. The third-order valence-corrected chi connectivity index (χ3v) is 2.70. The van der Waals surface area contributed by atoms with Gasteiger partial charge < -0.3 is 15.7 Å². The molecule has 0 saturated carbocycles. The minimum atomic E-state index is -1.03. The third kappa shape index (κ3) is 3.85. The molecule has 16 heavy (non-hydrogen) atoms. The van der Waals surface area contributed by atoms with Gasteiger partial charge in [0.25, 0.3) is 0 Å². The van der Waals surface area contributed by atoms with Gasteiger partial charge in [-0.2, -0.15) is 0 Å². The second-order valence-corrected chi connectivity index (χ2v) is 4.06. The summed E-state index contributed by atoms with van der Waals surface area (Å²) in [6.07, 6.45) is 2.00. The van der Waals surface area contributed by atoms with Crippen molar-refractivity contribution in [2.75, 3.05) is 0 Å². The Labute approximate surface area is 96.7 Å². The number of hydrogen-bond acceptors (Lipinski definition) is 4. The maximum atomic E-state index is 11.3. The molecule has 0 aliphatic rings. The Kier molecular flexibility index (Phi) is 4.71. The van der Waals surface area contributed by atoms with Gasteiger partial charge in [-0.05, 0) is 6.42 Å². The molecule has 0 saturated heterocycles. The van der Waals surface area contributed by atoms with Crippen molar-refractivity contribution in [3.05, 3.63) is 16.6 Å². The normalized spacial score (nSPS) is 11.8. The Bertz CT molecular complexity index is 353. The number of carboxylic acids is 1. The quantitative estimate of drug-likeness (QED) is 0.713. The molecule has 0 aromatic carbocycles. The van der Waals surface area contributed by atoms with Gasteiger partial charge in [0.15, 0.2) is 0 Å². The number of carbonyl (C=O) groups excluding carboxylic acids is 1. The number of aliphatic carboxylic acids is 1. The Morgan fingerprint density at radius 1 is 1.62 bits per heavy atom. The number of carbonyl (C=O) groups is 2. The van der Waals surface area contributed by atoms with E-state index in [0.29, 0.717) is 13.0 Å². The molecule has 0 unspecified atom stereocenters. The summed E-state index contributed by atoms with van der Waals surface area (Å²) in [5.74, 6) is -1.03. The number of nitrogens with zero attached hydrogens (tertiary/aromatic N) is 1. The Balaban J connectivity index is 2.33. The summed E-state index contributed by atoms with van der Waals surface area (Å²) < 4.78 is 0. The summed E-state index contributed by atoms with van der Waals surface area (Å²) in [4.78, 5) is 26.7. The lowest BCUT2D eigenvalue weighted by molar-refractivity contribution is -0.139. The lowest BCUT2D eigenvalue weighted by Crippen LogP contribution is -2.45. The van der Waals surface area contributed by atoms with Crippen LogP contribution in [0.15, 0.2) is 11.7 Å². The predicted molar refractivity (Wildman–Crippen MR) is 59.2 cm³/mol. The summed E-state index contributed by atoms with van der Waals surface area (Å²) in [5, 5.41) is 13.6. The smallest absolute Gasteiger partial charge is 0.326 e. The molecule has 7 heteroatoms. The average molecular weight is 243 g/mol. The zero-order valence-corrected chi connectivity index (χ0v) is 9.58. The molecule has 0 bridgehead atoms. The van der Waals surface area contributed by atoms with E-state index in [1.165, 1.54) is 11.3 Å². The number of aromatic nitrogens is 1. The van der Waals surface area contributed by atoms with Gasteiger partial charge in [0.05, 0.1) is 12.1 Å². The minimum Gasteiger partial charge on any atom is -0.480 e. The molecule has 2 amide bonds. The summed E-state index contributed by atoms with van der Waals surface area (Å²) in [6, 6.07) is -1.33. The maximum absolute atomic E-state index is 11.3. The zero-order valence-electron chi connectivity index (χ0n) is 8.77. The molecule has 1 heterocycles. The first-order chi connectivity index (χ1) is 7.63. The van der Waals surface area contributed by atoms with Crippen molar-refractivity contribution < 1.29 is 14.7 Å². The van der Waals surface area contributed by atoms with Gasteiger partial charge >= 0.3 is 12.0 Å². The van der Waals surface area contributed by atoms with E-state index in [1.807, 2.05) is 0 Å². The number of thiazole rings is 1. The summed E-state index contributed by atoms with van der Waals surface area (Å²) in [6.45, 7) is 2.05. The second kappa shape index (κ2) is 6.06. The van der Waals surface area contributed by atoms with E-state index < -0.39 is 18.0 Å². The van der Waals surface area contributed by atoms with Crippen molar-refractivity contribution >= 4 is 23.3 Å². The summed E-state index contributed by atoms with van der Waals surface area (Å²) in [7, 11) is 0. The van der Waals surface area contributed by atoms with Gasteiger partial charge in [0, 0.05) is 11.1 Å². The first kappa shape index (κ1) is 12.4. The van der Waals surface area contributed by atoms with Gasteiger partial charge in [-0.25, -0.2) is 9.59 Å². The van der Waals surface area contributed by atoms with Crippen LogP contribution < -0.4 is 10.6 Å².